The lowest BCUT2D eigenvalue weighted by Crippen LogP contribution is -2.22. The summed E-state index contributed by atoms with van der Waals surface area (Å²) in [4.78, 5) is 12.6. The Bertz CT molecular complexity index is 1050. The lowest BCUT2D eigenvalue weighted by molar-refractivity contribution is 0.102. The molecule has 0 saturated carbocycles. The van der Waals surface area contributed by atoms with Gasteiger partial charge in [-0.05, 0) is 60.7 Å². The monoisotopic (exact) mass is 396 g/mol. The highest BCUT2D eigenvalue weighted by molar-refractivity contribution is 7.89. The summed E-state index contributed by atoms with van der Waals surface area (Å²) in [5, 5.41) is 2.75. The zero-order chi connectivity index (χ0) is 20.1. The molecule has 0 atom stereocenters. The molecule has 0 saturated heterocycles. The van der Waals surface area contributed by atoms with E-state index in [0.717, 1.165) is 4.31 Å². The van der Waals surface area contributed by atoms with Crippen molar-refractivity contribution in [3.05, 3.63) is 84.4 Å². The van der Waals surface area contributed by atoms with Gasteiger partial charge in [-0.25, -0.2) is 12.7 Å². The molecule has 0 fully saturated rings. The topological polar surface area (TPSA) is 75.7 Å². The van der Waals surface area contributed by atoms with Crippen molar-refractivity contribution in [1.82, 2.24) is 4.31 Å². The Morgan fingerprint density at radius 2 is 1.39 bits per heavy atom. The highest BCUT2D eigenvalue weighted by atomic mass is 32.2. The van der Waals surface area contributed by atoms with Crippen molar-refractivity contribution in [2.24, 2.45) is 0 Å². The SMILES string of the molecule is CN(C)S(=O)(=O)c1ccc(NC(=O)c2ccc(Oc3ccccc3)cc2)cc1. The van der Waals surface area contributed by atoms with Crippen LogP contribution in [0.1, 0.15) is 10.4 Å². The van der Waals surface area contributed by atoms with E-state index in [2.05, 4.69) is 5.32 Å². The maximum absolute atomic E-state index is 12.4. The second-order valence-corrected chi connectivity index (χ2v) is 8.36. The van der Waals surface area contributed by atoms with Gasteiger partial charge in [-0.2, -0.15) is 0 Å². The fraction of sp³-hybridized carbons (Fsp3) is 0.0952. The first kappa shape index (κ1) is 19.6. The fourth-order valence-corrected chi connectivity index (χ4v) is 3.32. The molecule has 0 aliphatic heterocycles. The predicted molar refractivity (Wildman–Crippen MR) is 108 cm³/mol. The molecule has 0 aliphatic carbocycles. The van der Waals surface area contributed by atoms with Crippen molar-refractivity contribution in [1.29, 1.82) is 0 Å². The highest BCUT2D eigenvalue weighted by Gasteiger charge is 2.17. The number of hydrogen-bond acceptors (Lipinski definition) is 4. The molecule has 3 aromatic rings. The van der Waals surface area contributed by atoms with E-state index in [9.17, 15) is 13.2 Å². The largest absolute Gasteiger partial charge is 0.457 e. The second kappa shape index (κ2) is 8.24. The number of nitrogens with zero attached hydrogens (tertiary/aromatic N) is 1. The first-order chi connectivity index (χ1) is 13.4. The third-order valence-electron chi connectivity index (χ3n) is 3.99. The Labute approximate surface area is 164 Å². The molecule has 6 nitrogen and oxygen atoms in total. The summed E-state index contributed by atoms with van der Waals surface area (Å²) in [6.07, 6.45) is 0. The molecule has 3 rings (SSSR count). The number of benzene rings is 3. The Balaban J connectivity index is 1.66. The number of carbonyl (C=O) groups is 1. The zero-order valence-electron chi connectivity index (χ0n) is 15.5. The molecule has 0 bridgehead atoms. The molecule has 0 aromatic heterocycles. The fourth-order valence-electron chi connectivity index (χ4n) is 2.42. The van der Waals surface area contributed by atoms with Crippen LogP contribution in [0.2, 0.25) is 0 Å². The lowest BCUT2D eigenvalue weighted by atomic mass is 10.2. The maximum atomic E-state index is 12.4. The lowest BCUT2D eigenvalue weighted by Gasteiger charge is -2.12. The van der Waals surface area contributed by atoms with Gasteiger partial charge in [-0.3, -0.25) is 4.79 Å². The van der Waals surface area contributed by atoms with Crippen LogP contribution in [0.15, 0.2) is 83.8 Å². The van der Waals surface area contributed by atoms with E-state index in [1.807, 2.05) is 30.3 Å². The molecule has 7 heteroatoms. The molecule has 0 heterocycles. The molecule has 144 valence electrons. The first-order valence-electron chi connectivity index (χ1n) is 8.53. The van der Waals surface area contributed by atoms with Gasteiger partial charge in [-0.15, -0.1) is 0 Å². The Hall–Kier alpha value is -3.16. The van der Waals surface area contributed by atoms with Crippen LogP contribution >= 0.6 is 0 Å². The van der Waals surface area contributed by atoms with E-state index in [4.69, 9.17) is 4.74 Å². The highest BCUT2D eigenvalue weighted by Crippen LogP contribution is 2.22. The van der Waals surface area contributed by atoms with Crippen molar-refractivity contribution >= 4 is 21.6 Å². The summed E-state index contributed by atoms with van der Waals surface area (Å²) in [7, 11) is -0.561. The third kappa shape index (κ3) is 4.57. The van der Waals surface area contributed by atoms with Gasteiger partial charge in [0.1, 0.15) is 11.5 Å². The number of hydrogen-bond donors (Lipinski definition) is 1. The summed E-state index contributed by atoms with van der Waals surface area (Å²) in [5.41, 5.74) is 0.970. The maximum Gasteiger partial charge on any atom is 0.255 e. The molecule has 1 amide bonds. The van der Waals surface area contributed by atoms with Crippen LogP contribution in [0.5, 0.6) is 11.5 Å². The van der Waals surface area contributed by atoms with Crippen LogP contribution in [-0.2, 0) is 10.0 Å². The molecule has 0 radical (unpaired) electrons. The van der Waals surface area contributed by atoms with Crippen molar-refractivity contribution in [3.63, 3.8) is 0 Å². The molecule has 28 heavy (non-hydrogen) atoms. The summed E-state index contributed by atoms with van der Waals surface area (Å²) in [6.45, 7) is 0. The Morgan fingerprint density at radius 1 is 0.821 bits per heavy atom. The minimum Gasteiger partial charge on any atom is -0.457 e. The number of para-hydroxylation sites is 1. The molecule has 1 N–H and O–H groups in total. The van der Waals surface area contributed by atoms with Gasteiger partial charge in [0.2, 0.25) is 10.0 Å². The van der Waals surface area contributed by atoms with Crippen molar-refractivity contribution in [3.8, 4) is 11.5 Å². The molecule has 0 aliphatic rings. The van der Waals surface area contributed by atoms with Crippen LogP contribution in [0.4, 0.5) is 5.69 Å². The normalized spacial score (nSPS) is 11.2. The minimum atomic E-state index is -3.50. The number of amides is 1. The first-order valence-corrected chi connectivity index (χ1v) is 9.97. The van der Waals surface area contributed by atoms with Crippen molar-refractivity contribution in [2.45, 2.75) is 4.90 Å². The Kier molecular flexibility index (Phi) is 5.77. The summed E-state index contributed by atoms with van der Waals surface area (Å²) >= 11 is 0. The van der Waals surface area contributed by atoms with Gasteiger partial charge in [0.15, 0.2) is 0 Å². The number of carbonyl (C=O) groups excluding carboxylic acids is 1. The average molecular weight is 396 g/mol. The van der Waals surface area contributed by atoms with Crippen LogP contribution in [0, 0.1) is 0 Å². The second-order valence-electron chi connectivity index (χ2n) is 6.21. The number of anilines is 1. The Morgan fingerprint density at radius 3 is 1.96 bits per heavy atom. The zero-order valence-corrected chi connectivity index (χ0v) is 16.3. The average Bonchev–Trinajstić information content (AvgIpc) is 2.69. The van der Waals surface area contributed by atoms with Crippen molar-refractivity contribution in [2.75, 3.05) is 19.4 Å². The quantitative estimate of drug-likeness (QED) is 0.684. The van der Waals surface area contributed by atoms with E-state index in [0.29, 0.717) is 22.7 Å². The molecule has 3 aromatic carbocycles. The van der Waals surface area contributed by atoms with Crippen LogP contribution in [0.3, 0.4) is 0 Å². The summed E-state index contributed by atoms with van der Waals surface area (Å²) in [5.74, 6) is 1.04. The molecular formula is C21H20N2O4S. The molecule has 0 spiro atoms. The van der Waals surface area contributed by atoms with E-state index >= 15 is 0 Å². The smallest absolute Gasteiger partial charge is 0.255 e. The third-order valence-corrected chi connectivity index (χ3v) is 5.82. The van der Waals surface area contributed by atoms with Gasteiger partial charge in [0.25, 0.3) is 5.91 Å². The predicted octanol–water partition coefficient (Wildman–Crippen LogP) is 3.98. The van der Waals surface area contributed by atoms with E-state index in [-0.39, 0.29) is 10.8 Å². The van der Waals surface area contributed by atoms with Crippen molar-refractivity contribution < 1.29 is 17.9 Å². The standard InChI is InChI=1S/C21H20N2O4S/c1-23(2)28(25,26)20-14-10-17(11-15-20)22-21(24)16-8-12-19(13-9-16)27-18-6-4-3-5-7-18/h3-15H,1-2H3,(H,22,24). The van der Waals surface area contributed by atoms with Gasteiger partial charge >= 0.3 is 0 Å². The molecular weight excluding hydrogens is 376 g/mol. The van der Waals surface area contributed by atoms with Crippen LogP contribution < -0.4 is 10.1 Å². The van der Waals surface area contributed by atoms with Gasteiger partial charge in [0, 0.05) is 25.3 Å². The van der Waals surface area contributed by atoms with Gasteiger partial charge in [0.05, 0.1) is 4.90 Å². The van der Waals surface area contributed by atoms with E-state index in [1.54, 1.807) is 36.4 Å². The van der Waals surface area contributed by atoms with Gasteiger partial charge in [-0.1, -0.05) is 18.2 Å². The number of rotatable bonds is 6. The van der Waals surface area contributed by atoms with Crippen LogP contribution in [0.25, 0.3) is 0 Å². The number of ether oxygens (including phenoxy) is 1. The summed E-state index contributed by atoms with van der Waals surface area (Å²) in [6, 6.07) is 22.2. The van der Waals surface area contributed by atoms with E-state index < -0.39 is 10.0 Å². The summed E-state index contributed by atoms with van der Waals surface area (Å²) < 4.78 is 31.0. The number of sulfonamides is 1. The minimum absolute atomic E-state index is 0.165. The van der Waals surface area contributed by atoms with E-state index in [1.165, 1.54) is 26.2 Å². The van der Waals surface area contributed by atoms with Gasteiger partial charge < -0.3 is 10.1 Å². The number of nitrogens with one attached hydrogen (secondary N) is 1. The van der Waals surface area contributed by atoms with Crippen LogP contribution in [-0.4, -0.2) is 32.7 Å². The molecule has 0 unspecified atom stereocenters.